The minimum Gasteiger partial charge on any atom is -0.492 e. The first-order valence-corrected chi connectivity index (χ1v) is 6.13. The lowest BCUT2D eigenvalue weighted by molar-refractivity contribution is -0.121. The molecule has 0 bridgehead atoms. The van der Waals surface area contributed by atoms with Gasteiger partial charge in [0, 0.05) is 0 Å². The van der Waals surface area contributed by atoms with Crippen LogP contribution in [0.25, 0.3) is 0 Å². The lowest BCUT2D eigenvalue weighted by Crippen LogP contribution is -2.32. The fourth-order valence-electron chi connectivity index (χ4n) is 2.11. The standard InChI is InChI=1S/C13H14N4O2/c1-8-14-13(17-16-8)15-12(18)10-6-9-4-2-3-5-11(9)19-7-10/h2-5,10H,6-7H2,1H3,(H2,14,15,16,17,18). The van der Waals surface area contributed by atoms with Gasteiger partial charge in [-0.05, 0) is 25.0 Å². The molecule has 1 aromatic carbocycles. The summed E-state index contributed by atoms with van der Waals surface area (Å²) in [6, 6.07) is 7.77. The molecule has 0 spiro atoms. The van der Waals surface area contributed by atoms with Gasteiger partial charge in [0.1, 0.15) is 18.2 Å². The first-order chi connectivity index (χ1) is 9.22. The average molecular weight is 258 g/mol. The summed E-state index contributed by atoms with van der Waals surface area (Å²) in [5.74, 6) is 1.50. The van der Waals surface area contributed by atoms with E-state index in [0.29, 0.717) is 24.8 Å². The van der Waals surface area contributed by atoms with E-state index in [9.17, 15) is 4.79 Å². The number of rotatable bonds is 2. The second-order valence-corrected chi connectivity index (χ2v) is 4.55. The number of carbonyl (C=O) groups excluding carboxylic acids is 1. The second-order valence-electron chi connectivity index (χ2n) is 4.55. The number of ether oxygens (including phenoxy) is 1. The van der Waals surface area contributed by atoms with Crippen molar-refractivity contribution in [2.45, 2.75) is 13.3 Å². The monoisotopic (exact) mass is 258 g/mol. The smallest absolute Gasteiger partial charge is 0.248 e. The van der Waals surface area contributed by atoms with Crippen LogP contribution in [0.3, 0.4) is 0 Å². The molecular weight excluding hydrogens is 244 g/mol. The molecule has 0 saturated heterocycles. The molecule has 1 amide bonds. The predicted octanol–water partition coefficient (Wildman–Crippen LogP) is 1.30. The van der Waals surface area contributed by atoms with Crippen LogP contribution in [0.5, 0.6) is 5.75 Å². The molecule has 1 aliphatic heterocycles. The van der Waals surface area contributed by atoms with Crippen LogP contribution in [-0.2, 0) is 11.2 Å². The number of nitrogens with zero attached hydrogens (tertiary/aromatic N) is 2. The Morgan fingerprint density at radius 2 is 2.32 bits per heavy atom. The molecule has 1 unspecified atom stereocenters. The van der Waals surface area contributed by atoms with E-state index < -0.39 is 0 Å². The zero-order valence-electron chi connectivity index (χ0n) is 10.5. The van der Waals surface area contributed by atoms with Gasteiger partial charge in [0.25, 0.3) is 0 Å². The summed E-state index contributed by atoms with van der Waals surface area (Å²) in [4.78, 5) is 16.2. The van der Waals surface area contributed by atoms with Crippen LogP contribution in [0.4, 0.5) is 5.95 Å². The summed E-state index contributed by atoms with van der Waals surface area (Å²) >= 11 is 0. The van der Waals surface area contributed by atoms with Crippen molar-refractivity contribution in [1.82, 2.24) is 15.2 Å². The Morgan fingerprint density at radius 3 is 3.11 bits per heavy atom. The highest BCUT2D eigenvalue weighted by Crippen LogP contribution is 2.27. The highest BCUT2D eigenvalue weighted by Gasteiger charge is 2.26. The van der Waals surface area contributed by atoms with Gasteiger partial charge >= 0.3 is 0 Å². The molecule has 2 N–H and O–H groups in total. The number of H-pyrrole nitrogens is 1. The maximum atomic E-state index is 12.1. The van der Waals surface area contributed by atoms with Gasteiger partial charge in [-0.25, -0.2) is 0 Å². The lowest BCUT2D eigenvalue weighted by atomic mass is 9.96. The van der Waals surface area contributed by atoms with Crippen molar-refractivity contribution in [3.8, 4) is 5.75 Å². The maximum Gasteiger partial charge on any atom is 0.248 e. The molecule has 0 radical (unpaired) electrons. The molecule has 0 saturated carbocycles. The quantitative estimate of drug-likeness (QED) is 0.851. The molecule has 6 nitrogen and oxygen atoms in total. The molecule has 98 valence electrons. The minimum absolute atomic E-state index is 0.117. The number of amides is 1. The van der Waals surface area contributed by atoms with E-state index in [1.807, 2.05) is 24.3 Å². The Balaban J connectivity index is 1.69. The Hall–Kier alpha value is -2.37. The van der Waals surface area contributed by atoms with E-state index in [2.05, 4.69) is 20.5 Å². The van der Waals surface area contributed by atoms with Gasteiger partial charge in [0.2, 0.25) is 11.9 Å². The molecule has 3 rings (SSSR count). The third-order valence-electron chi connectivity index (χ3n) is 3.08. The largest absolute Gasteiger partial charge is 0.492 e. The molecule has 2 aromatic rings. The van der Waals surface area contributed by atoms with Crippen LogP contribution in [0.15, 0.2) is 24.3 Å². The highest BCUT2D eigenvalue weighted by atomic mass is 16.5. The van der Waals surface area contributed by atoms with Gasteiger partial charge < -0.3 is 4.74 Å². The summed E-state index contributed by atoms with van der Waals surface area (Å²) in [5, 5.41) is 9.26. The van der Waals surface area contributed by atoms with Crippen LogP contribution >= 0.6 is 0 Å². The second kappa shape index (κ2) is 4.72. The Kier molecular flexibility index (Phi) is 2.91. The summed E-state index contributed by atoms with van der Waals surface area (Å²) in [7, 11) is 0. The number of nitrogens with one attached hydrogen (secondary N) is 2. The topological polar surface area (TPSA) is 79.9 Å². The average Bonchev–Trinajstić information content (AvgIpc) is 2.83. The molecule has 19 heavy (non-hydrogen) atoms. The Labute approximate surface area is 110 Å². The SMILES string of the molecule is Cc1nc(NC(=O)C2COc3ccccc3C2)n[nH]1. The van der Waals surface area contributed by atoms with Crippen LogP contribution in [0.1, 0.15) is 11.4 Å². The normalized spacial score (nSPS) is 17.4. The van der Waals surface area contributed by atoms with Crippen molar-refractivity contribution in [2.75, 3.05) is 11.9 Å². The van der Waals surface area contributed by atoms with Crippen molar-refractivity contribution in [3.63, 3.8) is 0 Å². The maximum absolute atomic E-state index is 12.1. The third kappa shape index (κ3) is 2.42. The number of anilines is 1. The van der Waals surface area contributed by atoms with Gasteiger partial charge in [-0.15, -0.1) is 5.10 Å². The fourth-order valence-corrected chi connectivity index (χ4v) is 2.11. The number of fused-ring (bicyclic) bond motifs is 1. The Morgan fingerprint density at radius 1 is 1.47 bits per heavy atom. The van der Waals surface area contributed by atoms with Gasteiger partial charge in [-0.2, -0.15) is 4.98 Å². The molecule has 2 heterocycles. The molecule has 6 heteroatoms. The van der Waals surface area contributed by atoms with Crippen LogP contribution in [-0.4, -0.2) is 27.7 Å². The first kappa shape index (κ1) is 11.7. The summed E-state index contributed by atoms with van der Waals surface area (Å²) < 4.78 is 5.59. The molecule has 0 aliphatic carbocycles. The number of aromatic nitrogens is 3. The number of aromatic amines is 1. The summed E-state index contributed by atoms with van der Waals surface area (Å²) in [5.41, 5.74) is 1.06. The van der Waals surface area contributed by atoms with Gasteiger partial charge in [-0.1, -0.05) is 18.2 Å². The Bertz CT molecular complexity index is 608. The number of hydrogen-bond donors (Lipinski definition) is 2. The van der Waals surface area contributed by atoms with Gasteiger partial charge in [0.05, 0.1) is 5.92 Å². The fraction of sp³-hybridized carbons (Fsp3) is 0.308. The van der Waals surface area contributed by atoms with Crippen LogP contribution < -0.4 is 10.1 Å². The number of benzene rings is 1. The van der Waals surface area contributed by atoms with Crippen molar-refractivity contribution >= 4 is 11.9 Å². The number of carbonyl (C=O) groups is 1. The molecule has 1 atom stereocenters. The van der Waals surface area contributed by atoms with E-state index in [-0.39, 0.29) is 11.8 Å². The van der Waals surface area contributed by atoms with E-state index in [4.69, 9.17) is 4.74 Å². The number of para-hydroxylation sites is 1. The van der Waals surface area contributed by atoms with E-state index in [0.717, 1.165) is 11.3 Å². The highest BCUT2D eigenvalue weighted by molar-refractivity contribution is 5.91. The zero-order chi connectivity index (χ0) is 13.2. The molecule has 0 fully saturated rings. The summed E-state index contributed by atoms with van der Waals surface area (Å²) in [6.45, 7) is 2.16. The van der Waals surface area contributed by atoms with Crippen molar-refractivity contribution in [1.29, 1.82) is 0 Å². The summed E-state index contributed by atoms with van der Waals surface area (Å²) in [6.07, 6.45) is 0.672. The molecular formula is C13H14N4O2. The van der Waals surface area contributed by atoms with Gasteiger partial charge in [-0.3, -0.25) is 15.2 Å². The van der Waals surface area contributed by atoms with Crippen LogP contribution in [0, 0.1) is 12.8 Å². The minimum atomic E-state index is -0.214. The van der Waals surface area contributed by atoms with E-state index >= 15 is 0 Å². The number of hydrogen-bond acceptors (Lipinski definition) is 4. The van der Waals surface area contributed by atoms with E-state index in [1.54, 1.807) is 6.92 Å². The van der Waals surface area contributed by atoms with Crippen LogP contribution in [0.2, 0.25) is 0 Å². The third-order valence-corrected chi connectivity index (χ3v) is 3.08. The molecule has 1 aliphatic rings. The van der Waals surface area contributed by atoms with E-state index in [1.165, 1.54) is 0 Å². The van der Waals surface area contributed by atoms with Crippen molar-refractivity contribution in [2.24, 2.45) is 5.92 Å². The zero-order valence-corrected chi connectivity index (χ0v) is 10.5. The van der Waals surface area contributed by atoms with Crippen molar-refractivity contribution in [3.05, 3.63) is 35.7 Å². The van der Waals surface area contributed by atoms with Crippen molar-refractivity contribution < 1.29 is 9.53 Å². The lowest BCUT2D eigenvalue weighted by Gasteiger charge is -2.23. The van der Waals surface area contributed by atoms with Gasteiger partial charge in [0.15, 0.2) is 0 Å². The first-order valence-electron chi connectivity index (χ1n) is 6.13. The number of aryl methyl sites for hydroxylation is 1. The predicted molar refractivity (Wildman–Crippen MR) is 68.9 cm³/mol. The molecule has 1 aromatic heterocycles.